The van der Waals surface area contributed by atoms with Gasteiger partial charge in [-0.1, -0.05) is 11.6 Å². The Kier molecular flexibility index (Phi) is 3.04. The van der Waals surface area contributed by atoms with Crippen molar-refractivity contribution < 1.29 is 8.42 Å². The monoisotopic (exact) mass is 234 g/mol. The maximum Gasteiger partial charge on any atom is 0.240 e. The molecular formula is C8H11ClN2O2S. The number of hydrogen-bond donors (Lipinski definition) is 2. The van der Waals surface area contributed by atoms with E-state index in [4.69, 9.17) is 17.3 Å². The fourth-order valence-electron chi connectivity index (χ4n) is 0.947. The van der Waals surface area contributed by atoms with E-state index in [9.17, 15) is 8.42 Å². The number of anilines is 1. The van der Waals surface area contributed by atoms with Crippen LogP contribution in [-0.2, 0) is 10.0 Å². The van der Waals surface area contributed by atoms with Crippen molar-refractivity contribution in [2.75, 3.05) is 12.8 Å². The van der Waals surface area contributed by atoms with E-state index in [-0.39, 0.29) is 4.90 Å². The summed E-state index contributed by atoms with van der Waals surface area (Å²) in [5.74, 6) is 0. The van der Waals surface area contributed by atoms with Crippen molar-refractivity contribution in [1.82, 2.24) is 4.72 Å². The second-order valence-corrected chi connectivity index (χ2v) is 5.12. The van der Waals surface area contributed by atoms with Crippen molar-refractivity contribution in [3.8, 4) is 0 Å². The van der Waals surface area contributed by atoms with Gasteiger partial charge in [0.05, 0.1) is 4.90 Å². The zero-order chi connectivity index (χ0) is 10.9. The first-order valence-electron chi connectivity index (χ1n) is 3.87. The summed E-state index contributed by atoms with van der Waals surface area (Å²) < 4.78 is 25.0. The topological polar surface area (TPSA) is 72.2 Å². The van der Waals surface area contributed by atoms with Crippen LogP contribution in [0.15, 0.2) is 17.0 Å². The van der Waals surface area contributed by atoms with Crippen LogP contribution < -0.4 is 10.5 Å². The Bertz CT molecular complexity index is 433. The molecule has 4 nitrogen and oxygen atoms in total. The Labute approximate surface area is 88.1 Å². The lowest BCUT2D eigenvalue weighted by atomic mass is 10.2. The molecule has 0 amide bonds. The molecule has 0 aliphatic rings. The van der Waals surface area contributed by atoms with Crippen molar-refractivity contribution >= 4 is 27.3 Å². The van der Waals surface area contributed by atoms with Gasteiger partial charge in [0.1, 0.15) is 0 Å². The Morgan fingerprint density at radius 3 is 2.43 bits per heavy atom. The van der Waals surface area contributed by atoms with Gasteiger partial charge in [-0.15, -0.1) is 0 Å². The summed E-state index contributed by atoms with van der Waals surface area (Å²) in [5.41, 5.74) is 6.65. The van der Waals surface area contributed by atoms with Crippen molar-refractivity contribution in [1.29, 1.82) is 0 Å². The number of nitrogens with one attached hydrogen (secondary N) is 1. The summed E-state index contributed by atoms with van der Waals surface area (Å²) in [4.78, 5) is 0.0769. The molecule has 0 heterocycles. The molecule has 0 bridgehead atoms. The molecule has 0 aromatic heterocycles. The van der Waals surface area contributed by atoms with Gasteiger partial charge in [0.2, 0.25) is 10.0 Å². The molecule has 14 heavy (non-hydrogen) atoms. The van der Waals surface area contributed by atoms with Crippen molar-refractivity contribution in [3.05, 3.63) is 22.7 Å². The number of hydrogen-bond acceptors (Lipinski definition) is 3. The molecule has 0 aliphatic carbocycles. The first kappa shape index (κ1) is 11.3. The van der Waals surface area contributed by atoms with Crippen LogP contribution in [0.25, 0.3) is 0 Å². The van der Waals surface area contributed by atoms with Crippen LogP contribution in [0.5, 0.6) is 0 Å². The van der Waals surface area contributed by atoms with E-state index in [1.54, 1.807) is 6.92 Å². The van der Waals surface area contributed by atoms with Crippen LogP contribution in [0.2, 0.25) is 5.02 Å². The predicted molar refractivity (Wildman–Crippen MR) is 56.8 cm³/mol. The zero-order valence-corrected chi connectivity index (χ0v) is 9.41. The lowest BCUT2D eigenvalue weighted by molar-refractivity contribution is 0.588. The van der Waals surface area contributed by atoms with Crippen LogP contribution in [0.3, 0.4) is 0 Å². The minimum atomic E-state index is -3.47. The Balaban J connectivity index is 3.41. The van der Waals surface area contributed by atoms with Gasteiger partial charge < -0.3 is 5.73 Å². The first-order valence-corrected chi connectivity index (χ1v) is 5.74. The van der Waals surface area contributed by atoms with Gasteiger partial charge in [-0.05, 0) is 31.7 Å². The molecule has 0 saturated carbocycles. The zero-order valence-electron chi connectivity index (χ0n) is 7.83. The van der Waals surface area contributed by atoms with Gasteiger partial charge in [-0.2, -0.15) is 0 Å². The number of halogens is 1. The molecule has 0 radical (unpaired) electrons. The average molecular weight is 235 g/mol. The summed E-state index contributed by atoms with van der Waals surface area (Å²) in [5, 5.41) is 0.346. The maximum absolute atomic E-state index is 11.4. The van der Waals surface area contributed by atoms with E-state index < -0.39 is 10.0 Å². The smallest absolute Gasteiger partial charge is 0.240 e. The number of nitrogens with two attached hydrogens (primary N) is 1. The summed E-state index contributed by atoms with van der Waals surface area (Å²) >= 11 is 5.81. The minimum Gasteiger partial charge on any atom is -0.398 e. The Morgan fingerprint density at radius 1 is 1.43 bits per heavy atom. The molecule has 0 atom stereocenters. The van der Waals surface area contributed by atoms with E-state index in [1.165, 1.54) is 19.2 Å². The third-order valence-electron chi connectivity index (χ3n) is 1.94. The van der Waals surface area contributed by atoms with E-state index in [0.717, 1.165) is 0 Å². The van der Waals surface area contributed by atoms with Crippen molar-refractivity contribution in [2.24, 2.45) is 0 Å². The van der Waals surface area contributed by atoms with Gasteiger partial charge in [0, 0.05) is 10.7 Å². The fourth-order valence-corrected chi connectivity index (χ4v) is 2.03. The van der Waals surface area contributed by atoms with Gasteiger partial charge in [0.25, 0.3) is 0 Å². The molecule has 3 N–H and O–H groups in total. The second kappa shape index (κ2) is 3.76. The number of benzene rings is 1. The second-order valence-electron chi connectivity index (χ2n) is 2.83. The molecule has 78 valence electrons. The molecular weight excluding hydrogens is 224 g/mol. The van der Waals surface area contributed by atoms with Crippen LogP contribution in [0.1, 0.15) is 5.56 Å². The number of rotatable bonds is 2. The highest BCUT2D eigenvalue weighted by atomic mass is 35.5. The summed E-state index contributed by atoms with van der Waals surface area (Å²) in [6.07, 6.45) is 0. The fraction of sp³-hybridized carbons (Fsp3) is 0.250. The van der Waals surface area contributed by atoms with Crippen molar-refractivity contribution in [2.45, 2.75) is 11.8 Å². The van der Waals surface area contributed by atoms with Gasteiger partial charge in [-0.25, -0.2) is 13.1 Å². The molecule has 0 unspecified atom stereocenters. The van der Waals surface area contributed by atoms with Crippen LogP contribution in [0, 0.1) is 6.92 Å². The van der Waals surface area contributed by atoms with Crippen LogP contribution in [0.4, 0.5) is 5.69 Å². The molecule has 0 aliphatic heterocycles. The number of nitrogen functional groups attached to an aromatic ring is 1. The summed E-state index contributed by atoms with van der Waals surface area (Å²) in [6.45, 7) is 1.73. The van der Waals surface area contributed by atoms with E-state index in [2.05, 4.69) is 4.72 Å². The molecule has 1 aromatic rings. The molecule has 6 heteroatoms. The van der Waals surface area contributed by atoms with E-state index in [0.29, 0.717) is 16.3 Å². The SMILES string of the molecule is CNS(=O)(=O)c1cc(N)c(C)c(Cl)c1. The van der Waals surface area contributed by atoms with Gasteiger partial charge in [-0.3, -0.25) is 0 Å². The molecule has 1 rings (SSSR count). The molecule has 0 fully saturated rings. The molecule has 0 spiro atoms. The van der Waals surface area contributed by atoms with Gasteiger partial charge in [0.15, 0.2) is 0 Å². The lowest BCUT2D eigenvalue weighted by Crippen LogP contribution is -2.18. The predicted octanol–water partition coefficient (Wildman–Crippen LogP) is 1.14. The first-order chi connectivity index (χ1) is 6.38. The highest BCUT2D eigenvalue weighted by Crippen LogP contribution is 2.25. The van der Waals surface area contributed by atoms with E-state index >= 15 is 0 Å². The highest BCUT2D eigenvalue weighted by molar-refractivity contribution is 7.89. The minimum absolute atomic E-state index is 0.0769. The number of sulfonamides is 1. The third kappa shape index (κ3) is 2.00. The Hall–Kier alpha value is -0.780. The van der Waals surface area contributed by atoms with Crippen molar-refractivity contribution in [3.63, 3.8) is 0 Å². The largest absolute Gasteiger partial charge is 0.398 e. The standard InChI is InChI=1S/C8H11ClN2O2S/c1-5-7(9)3-6(4-8(5)10)14(12,13)11-2/h3-4,11H,10H2,1-2H3. The lowest BCUT2D eigenvalue weighted by Gasteiger charge is -2.07. The van der Waals surface area contributed by atoms with E-state index in [1.807, 2.05) is 0 Å². The maximum atomic E-state index is 11.4. The highest BCUT2D eigenvalue weighted by Gasteiger charge is 2.14. The van der Waals surface area contributed by atoms with Crippen LogP contribution in [-0.4, -0.2) is 15.5 Å². The third-order valence-corrected chi connectivity index (χ3v) is 3.72. The normalized spacial score (nSPS) is 11.6. The summed E-state index contributed by atoms with van der Waals surface area (Å²) in [7, 11) is -2.14. The van der Waals surface area contributed by atoms with Gasteiger partial charge >= 0.3 is 0 Å². The molecule has 1 aromatic carbocycles. The Morgan fingerprint density at radius 2 is 2.00 bits per heavy atom. The molecule has 0 saturated heterocycles. The summed E-state index contributed by atoms with van der Waals surface area (Å²) in [6, 6.07) is 2.76. The quantitative estimate of drug-likeness (QED) is 0.754. The van der Waals surface area contributed by atoms with Crippen LogP contribution >= 0.6 is 11.6 Å². The average Bonchev–Trinajstić information content (AvgIpc) is 2.13.